The molecule has 2 aromatic carbocycles. The fourth-order valence-corrected chi connectivity index (χ4v) is 3.11. The fraction of sp³-hybridized carbons (Fsp3) is 0.188. The molecule has 2 aromatic rings. The van der Waals surface area contributed by atoms with E-state index in [1.165, 1.54) is 24.3 Å². The topological polar surface area (TPSA) is 92.7 Å². The van der Waals surface area contributed by atoms with Crippen molar-refractivity contribution in [1.82, 2.24) is 0 Å². The molecule has 0 spiro atoms. The number of nitrogens with one attached hydrogen (secondary N) is 1. The number of aromatic carboxylic acids is 1. The number of anilines is 1. The highest BCUT2D eigenvalue weighted by Gasteiger charge is 2.16. The van der Waals surface area contributed by atoms with Crippen LogP contribution in [0.25, 0.3) is 0 Å². The summed E-state index contributed by atoms with van der Waals surface area (Å²) in [6, 6.07) is 10.5. The van der Waals surface area contributed by atoms with Crippen molar-refractivity contribution in [3.63, 3.8) is 0 Å². The van der Waals surface area contributed by atoms with Gasteiger partial charge >= 0.3 is 5.97 Å². The number of carboxylic acid groups (broad SMARTS) is 1. The third kappa shape index (κ3) is 4.01. The highest BCUT2D eigenvalue weighted by molar-refractivity contribution is 7.92. The van der Waals surface area contributed by atoms with Gasteiger partial charge in [0.1, 0.15) is 5.75 Å². The number of rotatable bonds is 6. The molecule has 0 amide bonds. The van der Waals surface area contributed by atoms with Crippen molar-refractivity contribution in [2.24, 2.45) is 0 Å². The zero-order chi connectivity index (χ0) is 17.0. The van der Waals surface area contributed by atoms with Crippen molar-refractivity contribution in [3.8, 4) is 5.75 Å². The molecule has 7 heteroatoms. The number of hydrogen-bond donors (Lipinski definition) is 2. The lowest BCUT2D eigenvalue weighted by Gasteiger charge is -2.11. The van der Waals surface area contributed by atoms with Crippen molar-refractivity contribution >= 4 is 21.7 Å². The maximum atomic E-state index is 12.4. The van der Waals surface area contributed by atoms with Gasteiger partial charge in [-0.05, 0) is 43.7 Å². The normalized spacial score (nSPS) is 11.0. The van der Waals surface area contributed by atoms with Crippen molar-refractivity contribution < 1.29 is 23.1 Å². The number of hydrogen-bond acceptors (Lipinski definition) is 4. The Hall–Kier alpha value is -2.54. The van der Waals surface area contributed by atoms with Crippen LogP contribution in [0.15, 0.2) is 47.4 Å². The lowest BCUT2D eigenvalue weighted by Crippen LogP contribution is -2.14. The molecule has 0 atom stereocenters. The van der Waals surface area contributed by atoms with Crippen molar-refractivity contribution in [2.75, 3.05) is 11.3 Å². The molecule has 0 aromatic heterocycles. The molecule has 0 saturated carbocycles. The van der Waals surface area contributed by atoms with E-state index in [1.807, 2.05) is 0 Å². The van der Waals surface area contributed by atoms with Crippen LogP contribution >= 0.6 is 0 Å². The zero-order valence-electron chi connectivity index (χ0n) is 12.7. The predicted octanol–water partition coefficient (Wildman–Crippen LogP) is 2.89. The number of aryl methyl sites for hydroxylation is 1. The van der Waals surface area contributed by atoms with Crippen LogP contribution in [-0.2, 0) is 10.0 Å². The molecule has 0 heterocycles. The van der Waals surface area contributed by atoms with Gasteiger partial charge in [0.05, 0.1) is 17.1 Å². The Bertz CT molecular complexity index is 830. The van der Waals surface area contributed by atoms with Crippen LogP contribution in [0, 0.1) is 6.92 Å². The average molecular weight is 335 g/mol. The summed E-state index contributed by atoms with van der Waals surface area (Å²) >= 11 is 0. The number of carboxylic acids is 1. The SMILES string of the molecule is CCOc1cccc(S(=O)(=O)Nc2ccc(C)c(C(=O)O)c2)c1. The Kier molecular flexibility index (Phi) is 4.90. The third-order valence-corrected chi connectivity index (χ3v) is 4.53. The minimum atomic E-state index is -3.83. The van der Waals surface area contributed by atoms with Gasteiger partial charge in [0.25, 0.3) is 10.0 Å². The molecule has 2 N–H and O–H groups in total. The van der Waals surface area contributed by atoms with Crippen LogP contribution in [0.3, 0.4) is 0 Å². The Morgan fingerprint density at radius 3 is 2.61 bits per heavy atom. The first-order valence-corrected chi connectivity index (χ1v) is 8.41. The quantitative estimate of drug-likeness (QED) is 0.847. The predicted molar refractivity (Wildman–Crippen MR) is 86.6 cm³/mol. The van der Waals surface area contributed by atoms with Gasteiger partial charge in [0.2, 0.25) is 0 Å². The van der Waals surface area contributed by atoms with E-state index in [0.29, 0.717) is 17.9 Å². The Morgan fingerprint density at radius 2 is 1.96 bits per heavy atom. The lowest BCUT2D eigenvalue weighted by atomic mass is 10.1. The van der Waals surface area contributed by atoms with E-state index < -0.39 is 16.0 Å². The second kappa shape index (κ2) is 6.70. The molecule has 0 fully saturated rings. The second-order valence-electron chi connectivity index (χ2n) is 4.85. The minimum absolute atomic E-state index is 0.0425. The van der Waals surface area contributed by atoms with E-state index in [0.717, 1.165) is 0 Å². The fourth-order valence-electron chi connectivity index (χ4n) is 2.03. The van der Waals surface area contributed by atoms with Crippen LogP contribution in [-0.4, -0.2) is 26.1 Å². The number of sulfonamides is 1. The van der Waals surface area contributed by atoms with E-state index in [9.17, 15) is 13.2 Å². The largest absolute Gasteiger partial charge is 0.494 e. The first-order valence-electron chi connectivity index (χ1n) is 6.93. The zero-order valence-corrected chi connectivity index (χ0v) is 13.6. The monoisotopic (exact) mass is 335 g/mol. The van der Waals surface area contributed by atoms with Crippen LogP contribution < -0.4 is 9.46 Å². The summed E-state index contributed by atoms with van der Waals surface area (Å²) in [4.78, 5) is 11.2. The summed E-state index contributed by atoms with van der Waals surface area (Å²) in [6.45, 7) is 3.88. The average Bonchev–Trinajstić information content (AvgIpc) is 2.49. The number of carbonyl (C=O) groups is 1. The first-order chi connectivity index (χ1) is 10.8. The van der Waals surface area contributed by atoms with E-state index in [4.69, 9.17) is 9.84 Å². The van der Waals surface area contributed by atoms with Crippen molar-refractivity contribution in [2.45, 2.75) is 18.7 Å². The summed E-state index contributed by atoms with van der Waals surface area (Å²) in [5.74, 6) is -0.660. The van der Waals surface area contributed by atoms with Gasteiger partial charge in [-0.2, -0.15) is 0 Å². The smallest absolute Gasteiger partial charge is 0.336 e. The Balaban J connectivity index is 2.33. The van der Waals surface area contributed by atoms with Gasteiger partial charge in [-0.3, -0.25) is 4.72 Å². The molecule has 0 saturated heterocycles. The van der Waals surface area contributed by atoms with Gasteiger partial charge in [-0.25, -0.2) is 13.2 Å². The van der Waals surface area contributed by atoms with E-state index in [1.54, 1.807) is 32.0 Å². The van der Waals surface area contributed by atoms with Crippen LogP contribution in [0.4, 0.5) is 5.69 Å². The molecule has 0 aliphatic carbocycles. The minimum Gasteiger partial charge on any atom is -0.494 e. The molecule has 0 unspecified atom stereocenters. The molecule has 0 radical (unpaired) electrons. The van der Waals surface area contributed by atoms with E-state index >= 15 is 0 Å². The van der Waals surface area contributed by atoms with Crippen LogP contribution in [0.1, 0.15) is 22.8 Å². The maximum Gasteiger partial charge on any atom is 0.336 e. The molecule has 0 bridgehead atoms. The van der Waals surface area contributed by atoms with Gasteiger partial charge in [0.15, 0.2) is 0 Å². The van der Waals surface area contributed by atoms with E-state index in [-0.39, 0.29) is 16.1 Å². The molecule has 23 heavy (non-hydrogen) atoms. The van der Waals surface area contributed by atoms with Gasteiger partial charge < -0.3 is 9.84 Å². The van der Waals surface area contributed by atoms with Gasteiger partial charge in [-0.15, -0.1) is 0 Å². The lowest BCUT2D eigenvalue weighted by molar-refractivity contribution is 0.0696. The van der Waals surface area contributed by atoms with Gasteiger partial charge in [-0.1, -0.05) is 12.1 Å². The first kappa shape index (κ1) is 16.8. The molecule has 0 aliphatic heterocycles. The summed E-state index contributed by atoms with van der Waals surface area (Å²) in [5.41, 5.74) is 0.793. The molecule has 2 rings (SSSR count). The van der Waals surface area contributed by atoms with Crippen molar-refractivity contribution in [1.29, 1.82) is 0 Å². The highest BCUT2D eigenvalue weighted by Crippen LogP contribution is 2.22. The Labute approximate surface area is 134 Å². The molecular formula is C16H17NO5S. The molecule has 0 aliphatic rings. The van der Waals surface area contributed by atoms with Crippen molar-refractivity contribution in [3.05, 3.63) is 53.6 Å². The number of benzene rings is 2. The highest BCUT2D eigenvalue weighted by atomic mass is 32.2. The van der Waals surface area contributed by atoms with Crippen LogP contribution in [0.2, 0.25) is 0 Å². The second-order valence-corrected chi connectivity index (χ2v) is 6.53. The van der Waals surface area contributed by atoms with Crippen LogP contribution in [0.5, 0.6) is 5.75 Å². The molecule has 122 valence electrons. The summed E-state index contributed by atoms with van der Waals surface area (Å²) in [6.07, 6.45) is 0. The Morgan fingerprint density at radius 1 is 1.22 bits per heavy atom. The molecular weight excluding hydrogens is 318 g/mol. The number of ether oxygens (including phenoxy) is 1. The standard InChI is InChI=1S/C16H17NO5S/c1-3-22-13-5-4-6-14(10-13)23(20,21)17-12-8-7-11(2)15(9-12)16(18)19/h4-10,17H,3H2,1-2H3,(H,18,19). The van der Waals surface area contributed by atoms with Gasteiger partial charge in [0, 0.05) is 11.8 Å². The van der Waals surface area contributed by atoms with E-state index in [2.05, 4.69) is 4.72 Å². The molecule has 6 nitrogen and oxygen atoms in total. The third-order valence-electron chi connectivity index (χ3n) is 3.15. The summed E-state index contributed by atoms with van der Waals surface area (Å²) in [7, 11) is -3.83. The summed E-state index contributed by atoms with van der Waals surface area (Å²) in [5, 5.41) is 9.11. The maximum absolute atomic E-state index is 12.4. The summed E-state index contributed by atoms with van der Waals surface area (Å²) < 4.78 is 32.5.